The molecule has 2 atom stereocenters. The predicted molar refractivity (Wildman–Crippen MR) is 126 cm³/mol. The number of carbonyl (C=O) groups is 1. The zero-order valence-electron chi connectivity index (χ0n) is 17.9. The maximum atomic E-state index is 13.4. The molecule has 0 aliphatic carbocycles. The Morgan fingerprint density at radius 2 is 1.85 bits per heavy atom. The van der Waals surface area contributed by atoms with Crippen LogP contribution in [-0.4, -0.2) is 24.5 Å². The van der Waals surface area contributed by atoms with Crippen molar-refractivity contribution >= 4 is 23.5 Å². The van der Waals surface area contributed by atoms with Gasteiger partial charge in [-0.25, -0.2) is 9.79 Å². The zero-order valence-corrected chi connectivity index (χ0v) is 18.6. The number of carbonyl (C=O) groups excluding carboxylic acids is 1. The molecule has 1 aliphatic heterocycles. The summed E-state index contributed by atoms with van der Waals surface area (Å²) in [5, 5.41) is 4.18. The summed E-state index contributed by atoms with van der Waals surface area (Å²) in [5.41, 5.74) is 10.4. The Hall–Kier alpha value is -3.80. The van der Waals surface area contributed by atoms with E-state index in [2.05, 4.69) is 10.0 Å². The van der Waals surface area contributed by atoms with E-state index in [-0.39, 0.29) is 13.0 Å². The van der Waals surface area contributed by atoms with Crippen LogP contribution >= 0.6 is 11.6 Å². The fourth-order valence-electron chi connectivity index (χ4n) is 4.03. The summed E-state index contributed by atoms with van der Waals surface area (Å²) in [6.45, 7) is 0.0511. The van der Waals surface area contributed by atoms with Gasteiger partial charge in [0.1, 0.15) is 0 Å². The highest BCUT2D eigenvalue weighted by atomic mass is 35.5. The quantitative estimate of drug-likeness (QED) is 0.192. The maximum Gasteiger partial charge on any atom is 0.338 e. The fraction of sp³-hybridized carbons (Fsp3) is 0.200. The topological polar surface area (TPSA) is 96.6 Å². The van der Waals surface area contributed by atoms with Crippen LogP contribution in [0.2, 0.25) is 5.02 Å². The van der Waals surface area contributed by atoms with Crippen molar-refractivity contribution in [2.75, 3.05) is 7.11 Å². The molecule has 0 spiro atoms. The second-order valence-electron chi connectivity index (χ2n) is 7.59. The lowest BCUT2D eigenvalue weighted by Gasteiger charge is -2.30. The van der Waals surface area contributed by atoms with E-state index in [0.29, 0.717) is 22.0 Å². The lowest BCUT2D eigenvalue weighted by atomic mass is 9.81. The number of esters is 1. The van der Waals surface area contributed by atoms with E-state index in [4.69, 9.17) is 31.6 Å². The van der Waals surface area contributed by atoms with Crippen LogP contribution in [0.1, 0.15) is 28.4 Å². The van der Waals surface area contributed by atoms with Gasteiger partial charge in [-0.15, -0.1) is 0 Å². The van der Waals surface area contributed by atoms with Crippen molar-refractivity contribution in [3.05, 3.63) is 117 Å². The Balaban J connectivity index is 1.91. The molecule has 8 heteroatoms. The molecule has 3 aromatic rings. The van der Waals surface area contributed by atoms with Gasteiger partial charge in [0.2, 0.25) is 11.4 Å². The molecule has 7 nitrogen and oxygen atoms in total. The van der Waals surface area contributed by atoms with Crippen molar-refractivity contribution in [2.45, 2.75) is 24.6 Å². The first-order chi connectivity index (χ1) is 16.1. The Kier molecular flexibility index (Phi) is 6.63. The van der Waals surface area contributed by atoms with Crippen LogP contribution in [0.3, 0.4) is 0 Å². The van der Waals surface area contributed by atoms with Gasteiger partial charge in [-0.2, -0.15) is 0 Å². The van der Waals surface area contributed by atoms with Crippen LogP contribution in [-0.2, 0) is 27.2 Å². The molecule has 0 radical (unpaired) electrons. The van der Waals surface area contributed by atoms with Gasteiger partial charge in [-0.1, -0.05) is 71.3 Å². The maximum absolute atomic E-state index is 13.4. The molecule has 0 unspecified atom stereocenters. The lowest BCUT2D eigenvalue weighted by Crippen LogP contribution is -2.44. The molecular weight excluding hydrogens is 440 g/mol. The average Bonchev–Trinajstić information content (AvgIpc) is 3.23. The van der Waals surface area contributed by atoms with Gasteiger partial charge in [0.25, 0.3) is 0 Å². The number of halogens is 1. The van der Waals surface area contributed by atoms with Crippen LogP contribution in [0.25, 0.3) is 10.4 Å². The molecule has 0 amide bonds. The molecule has 1 aliphatic rings. The van der Waals surface area contributed by atoms with E-state index in [0.717, 1.165) is 11.1 Å². The Labute approximate surface area is 196 Å². The average molecular weight is 461 g/mol. The monoisotopic (exact) mass is 460 g/mol. The number of azide groups is 1. The van der Waals surface area contributed by atoms with E-state index in [1.54, 1.807) is 18.2 Å². The first kappa shape index (κ1) is 22.4. The largest absolute Gasteiger partial charge is 0.467 e. The van der Waals surface area contributed by atoms with Crippen molar-refractivity contribution < 1.29 is 14.3 Å². The van der Waals surface area contributed by atoms with E-state index in [1.807, 2.05) is 60.7 Å². The lowest BCUT2D eigenvalue weighted by molar-refractivity contribution is -0.150. The third-order valence-electron chi connectivity index (χ3n) is 5.53. The zero-order chi connectivity index (χ0) is 23.3. The highest BCUT2D eigenvalue weighted by Gasteiger charge is 2.54. The van der Waals surface area contributed by atoms with Gasteiger partial charge in [-0.05, 0) is 46.5 Å². The molecule has 0 fully saturated rings. The third-order valence-corrected chi connectivity index (χ3v) is 5.77. The number of ether oxygens (including phenoxy) is 2. The highest BCUT2D eigenvalue weighted by molar-refractivity contribution is 6.30. The minimum absolute atomic E-state index is 0.0511. The molecular formula is C25H21ClN4O3. The van der Waals surface area contributed by atoms with E-state index in [9.17, 15) is 4.79 Å². The molecule has 4 rings (SSSR count). The second-order valence-corrected chi connectivity index (χ2v) is 8.03. The van der Waals surface area contributed by atoms with E-state index >= 15 is 0 Å². The Morgan fingerprint density at radius 1 is 1.15 bits per heavy atom. The SMILES string of the molecule is COC(=O)[C@]1(Cc2ccccc2)N=C(c2ccccc2)O[C@H]1c1ccc(Cl)cc1CN=[N+]=[N-]. The van der Waals surface area contributed by atoms with Crippen LogP contribution in [0.15, 0.2) is 89.0 Å². The summed E-state index contributed by atoms with van der Waals surface area (Å²) in [5.74, 6) is -0.182. The number of rotatable bonds is 7. The standard InChI is InChI=1S/C25H21ClN4O3/c1-32-24(31)25(15-17-8-4-2-5-9-17)22(33-23(29-25)18-10-6-3-7-11-18)21-13-12-20(26)14-19(21)16-28-30-27/h2-14,22H,15-16H2,1H3/t22-,25+/m0/s1. The summed E-state index contributed by atoms with van der Waals surface area (Å²) in [4.78, 5) is 21.1. The van der Waals surface area contributed by atoms with Crippen molar-refractivity contribution in [3.8, 4) is 0 Å². The summed E-state index contributed by atoms with van der Waals surface area (Å²) in [6, 6.07) is 24.2. The van der Waals surface area contributed by atoms with Gasteiger partial charge >= 0.3 is 5.97 Å². The summed E-state index contributed by atoms with van der Waals surface area (Å²) in [7, 11) is 1.34. The van der Waals surface area contributed by atoms with Gasteiger partial charge < -0.3 is 9.47 Å². The number of nitrogens with zero attached hydrogens (tertiary/aromatic N) is 4. The molecule has 1 heterocycles. The number of aliphatic imine (C=N–C) groups is 1. The number of methoxy groups -OCH3 is 1. The van der Waals surface area contributed by atoms with Gasteiger partial charge in [0.05, 0.1) is 13.7 Å². The Morgan fingerprint density at radius 3 is 2.52 bits per heavy atom. The first-order valence-corrected chi connectivity index (χ1v) is 10.7. The van der Waals surface area contributed by atoms with E-state index in [1.165, 1.54) is 7.11 Å². The summed E-state index contributed by atoms with van der Waals surface area (Å²) in [6.07, 6.45) is -0.563. The van der Waals surface area contributed by atoms with Gasteiger partial charge in [0, 0.05) is 21.9 Å². The fourth-order valence-corrected chi connectivity index (χ4v) is 4.22. The third kappa shape index (κ3) is 4.55. The molecule has 3 aromatic carbocycles. The highest BCUT2D eigenvalue weighted by Crippen LogP contribution is 2.44. The molecule has 0 saturated carbocycles. The van der Waals surface area contributed by atoms with Crippen LogP contribution in [0, 0.1) is 0 Å². The van der Waals surface area contributed by atoms with Gasteiger partial charge in [0.15, 0.2) is 6.10 Å². The molecule has 0 bridgehead atoms. The van der Waals surface area contributed by atoms with Crippen LogP contribution in [0.5, 0.6) is 0 Å². The minimum atomic E-state index is -1.39. The van der Waals surface area contributed by atoms with Crippen molar-refractivity contribution in [3.63, 3.8) is 0 Å². The smallest absolute Gasteiger partial charge is 0.338 e. The van der Waals surface area contributed by atoms with Gasteiger partial charge in [-0.3, -0.25) is 0 Å². The van der Waals surface area contributed by atoms with Crippen LogP contribution < -0.4 is 0 Å². The molecule has 0 saturated heterocycles. The predicted octanol–water partition coefficient (Wildman–Crippen LogP) is 5.82. The Bertz CT molecular complexity index is 1230. The summed E-state index contributed by atoms with van der Waals surface area (Å²) < 4.78 is 11.6. The second kappa shape index (κ2) is 9.77. The van der Waals surface area contributed by atoms with Crippen molar-refractivity contribution in [1.29, 1.82) is 0 Å². The first-order valence-electron chi connectivity index (χ1n) is 10.3. The number of benzene rings is 3. The molecule has 33 heavy (non-hydrogen) atoms. The number of hydrogen-bond donors (Lipinski definition) is 0. The van der Waals surface area contributed by atoms with E-state index < -0.39 is 17.6 Å². The molecule has 0 aromatic heterocycles. The van der Waals surface area contributed by atoms with Crippen molar-refractivity contribution in [2.24, 2.45) is 10.1 Å². The molecule has 0 N–H and O–H groups in total. The van der Waals surface area contributed by atoms with Crippen molar-refractivity contribution in [1.82, 2.24) is 0 Å². The normalized spacial score (nSPS) is 19.2. The minimum Gasteiger partial charge on any atom is -0.467 e. The molecule has 166 valence electrons. The number of hydrogen-bond acceptors (Lipinski definition) is 5. The van der Waals surface area contributed by atoms with Crippen LogP contribution in [0.4, 0.5) is 0 Å². The summed E-state index contributed by atoms with van der Waals surface area (Å²) >= 11 is 6.22.